The van der Waals surface area contributed by atoms with Crippen LogP contribution in [0.2, 0.25) is 0 Å². The third kappa shape index (κ3) is 19.1. The lowest BCUT2D eigenvalue weighted by molar-refractivity contribution is -0.139. The molecule has 0 unspecified atom stereocenters. The summed E-state index contributed by atoms with van der Waals surface area (Å²) in [6.45, 7) is 3.09. The van der Waals surface area contributed by atoms with Crippen molar-refractivity contribution in [1.82, 2.24) is 16.0 Å². The van der Waals surface area contributed by atoms with Crippen molar-refractivity contribution >= 4 is 35.9 Å². The van der Waals surface area contributed by atoms with E-state index in [0.717, 1.165) is 22.3 Å². The largest absolute Gasteiger partial charge is 0.480 e. The Kier molecular flexibility index (Phi) is 19.8. The summed E-state index contributed by atoms with van der Waals surface area (Å²) in [7, 11) is 0. The Morgan fingerprint density at radius 2 is 0.909 bits per heavy atom. The first-order valence-corrected chi connectivity index (χ1v) is 17.1. The average Bonchev–Trinajstić information content (AvgIpc) is 3.18. The van der Waals surface area contributed by atoms with E-state index in [0.29, 0.717) is 6.42 Å². The van der Waals surface area contributed by atoms with E-state index in [4.69, 9.17) is 31.2 Å². The minimum Gasteiger partial charge on any atom is -0.480 e. The number of benzene rings is 4. The number of hydrogen-bond donors (Lipinski definition) is 7. The molecule has 4 aromatic rings. The molecule has 0 aliphatic heterocycles. The Labute approximate surface area is 319 Å². The van der Waals surface area contributed by atoms with Gasteiger partial charge in [-0.3, -0.25) is 19.2 Å². The summed E-state index contributed by atoms with van der Waals surface area (Å²) >= 11 is 0. The molecule has 0 spiro atoms. The lowest BCUT2D eigenvalue weighted by Gasteiger charge is -2.19. The summed E-state index contributed by atoms with van der Waals surface area (Å²) in [5.41, 5.74) is 14.2. The van der Waals surface area contributed by atoms with Gasteiger partial charge in [0.15, 0.2) is 0 Å². The molecule has 0 heterocycles. The van der Waals surface area contributed by atoms with E-state index < -0.39 is 60.1 Å². The van der Waals surface area contributed by atoms with Crippen LogP contribution < -0.4 is 27.4 Å². The highest BCUT2D eigenvalue weighted by Gasteiger charge is 2.23. The quantitative estimate of drug-likeness (QED) is 0.0924. The lowest BCUT2D eigenvalue weighted by Crippen LogP contribution is -2.52. The third-order valence-electron chi connectivity index (χ3n) is 7.42. The van der Waals surface area contributed by atoms with Crippen molar-refractivity contribution in [2.75, 3.05) is 0 Å². The summed E-state index contributed by atoms with van der Waals surface area (Å²) in [4.78, 5) is 67.7. The van der Waals surface area contributed by atoms with Gasteiger partial charge in [0.1, 0.15) is 37.4 Å². The minimum absolute atomic E-state index is 0.0962. The maximum Gasteiger partial charge on any atom is 0.408 e. The third-order valence-corrected chi connectivity index (χ3v) is 7.42. The molecule has 0 aliphatic carbocycles. The van der Waals surface area contributed by atoms with Crippen LogP contribution in [0, 0.1) is 0 Å². The van der Waals surface area contributed by atoms with Crippen LogP contribution in [0.5, 0.6) is 0 Å². The molecular weight excluding hydrogens is 710 g/mol. The number of nitrogens with one attached hydrogen (secondary N) is 3. The first kappa shape index (κ1) is 44.4. The lowest BCUT2D eigenvalue weighted by atomic mass is 10.1. The van der Waals surface area contributed by atoms with Crippen molar-refractivity contribution in [3.05, 3.63) is 144 Å². The minimum atomic E-state index is -1.10. The Hall–Kier alpha value is -6.74. The van der Waals surface area contributed by atoms with E-state index in [-0.39, 0.29) is 19.6 Å². The fourth-order valence-corrected chi connectivity index (χ4v) is 4.34. The Morgan fingerprint density at radius 3 is 1.27 bits per heavy atom. The number of alkyl carbamates (subject to hydrolysis) is 2. The Morgan fingerprint density at radius 1 is 0.545 bits per heavy atom. The zero-order valence-electron chi connectivity index (χ0n) is 30.5. The van der Waals surface area contributed by atoms with E-state index in [1.807, 2.05) is 121 Å². The Balaban J connectivity index is 0.000000315. The second kappa shape index (κ2) is 24.5. The highest BCUT2D eigenvalue weighted by atomic mass is 16.6. The fraction of sp³-hybridized carbons (Fsp3) is 0.250. The summed E-state index contributed by atoms with van der Waals surface area (Å²) in [5, 5.41) is 24.2. The predicted molar refractivity (Wildman–Crippen MR) is 203 cm³/mol. The summed E-state index contributed by atoms with van der Waals surface area (Å²) in [5.74, 6) is -3.23. The molecule has 292 valence electrons. The van der Waals surface area contributed by atoms with Crippen LogP contribution in [-0.2, 0) is 54.7 Å². The number of carboxylic acids is 2. The van der Waals surface area contributed by atoms with Gasteiger partial charge in [-0.1, -0.05) is 121 Å². The second-order valence-electron chi connectivity index (χ2n) is 12.0. The van der Waals surface area contributed by atoms with Gasteiger partial charge in [-0.25, -0.2) is 9.59 Å². The van der Waals surface area contributed by atoms with E-state index in [1.54, 1.807) is 0 Å². The second-order valence-corrected chi connectivity index (χ2v) is 12.0. The van der Waals surface area contributed by atoms with Gasteiger partial charge >= 0.3 is 24.1 Å². The monoisotopic (exact) mass is 757 g/mol. The van der Waals surface area contributed by atoms with Gasteiger partial charge in [-0.05, 0) is 42.5 Å². The van der Waals surface area contributed by atoms with Gasteiger partial charge in [-0.2, -0.15) is 0 Å². The summed E-state index contributed by atoms with van der Waals surface area (Å²) < 4.78 is 9.91. The number of aliphatic carboxylic acids is 2. The van der Waals surface area contributed by atoms with Crippen LogP contribution in [0.4, 0.5) is 9.59 Å². The van der Waals surface area contributed by atoms with Crippen molar-refractivity contribution in [2.45, 2.75) is 64.1 Å². The molecule has 55 heavy (non-hydrogen) atoms. The molecule has 4 aromatic carbocycles. The number of rotatable bonds is 15. The van der Waals surface area contributed by atoms with Gasteiger partial charge in [0.05, 0.1) is 0 Å². The maximum atomic E-state index is 12.3. The predicted octanol–water partition coefficient (Wildman–Crippen LogP) is 3.54. The number of carbonyl (C=O) groups excluding carboxylic acids is 4. The molecule has 15 heteroatoms. The number of carbonyl (C=O) groups is 6. The van der Waals surface area contributed by atoms with Crippen LogP contribution in [0.15, 0.2) is 121 Å². The van der Waals surface area contributed by atoms with Crippen molar-refractivity contribution in [2.24, 2.45) is 11.5 Å². The first-order chi connectivity index (χ1) is 26.2. The van der Waals surface area contributed by atoms with Gasteiger partial charge in [0.25, 0.3) is 0 Å². The van der Waals surface area contributed by atoms with Gasteiger partial charge in [0.2, 0.25) is 11.8 Å². The van der Waals surface area contributed by atoms with Gasteiger partial charge < -0.3 is 47.1 Å². The highest BCUT2D eigenvalue weighted by molar-refractivity contribution is 5.90. The van der Waals surface area contributed by atoms with Crippen molar-refractivity contribution in [3.8, 4) is 0 Å². The van der Waals surface area contributed by atoms with Gasteiger partial charge in [-0.15, -0.1) is 0 Å². The first-order valence-electron chi connectivity index (χ1n) is 17.1. The summed E-state index contributed by atoms with van der Waals surface area (Å²) in [6, 6.07) is 33.4. The average molecular weight is 758 g/mol. The zero-order chi connectivity index (χ0) is 40.6. The molecule has 4 atom stereocenters. The maximum absolute atomic E-state index is 12.3. The topological polar surface area (TPSA) is 249 Å². The van der Waals surface area contributed by atoms with E-state index in [2.05, 4.69) is 16.0 Å². The van der Waals surface area contributed by atoms with Crippen LogP contribution in [-0.4, -0.2) is 70.3 Å². The number of ether oxygens (including phenoxy) is 2. The molecule has 0 bridgehead atoms. The van der Waals surface area contributed by atoms with Crippen molar-refractivity contribution in [3.63, 3.8) is 0 Å². The smallest absolute Gasteiger partial charge is 0.408 e. The van der Waals surface area contributed by atoms with Crippen LogP contribution >= 0.6 is 0 Å². The van der Waals surface area contributed by atoms with Crippen molar-refractivity contribution < 1.29 is 48.5 Å². The molecule has 0 saturated heterocycles. The van der Waals surface area contributed by atoms with Gasteiger partial charge in [0, 0.05) is 6.42 Å². The van der Waals surface area contributed by atoms with E-state index in [1.165, 1.54) is 13.8 Å². The fourth-order valence-electron chi connectivity index (χ4n) is 4.34. The molecule has 9 N–H and O–H groups in total. The number of carboxylic acid groups (broad SMARTS) is 2. The number of amides is 4. The highest BCUT2D eigenvalue weighted by Crippen LogP contribution is 2.05. The van der Waals surface area contributed by atoms with E-state index >= 15 is 0 Å². The molecular formula is C40H47N5O10. The SMILES string of the molecule is C[C@H](NC(=O)OCc1ccccc1)C(=O)N[C@@H](Cc1ccccc1)C(N)=O.C[C@H](NC(=O)OCc1ccccc1)C(=O)O.N[C@@H](Cc1ccccc1)C(=O)O. The molecule has 4 amide bonds. The number of primary amides is 1. The molecule has 4 rings (SSSR count). The van der Waals surface area contributed by atoms with Crippen LogP contribution in [0.1, 0.15) is 36.1 Å². The molecule has 0 aromatic heterocycles. The van der Waals surface area contributed by atoms with Crippen LogP contribution in [0.3, 0.4) is 0 Å². The number of hydrogen-bond acceptors (Lipinski definition) is 9. The molecule has 0 radical (unpaired) electrons. The van der Waals surface area contributed by atoms with Crippen LogP contribution in [0.25, 0.3) is 0 Å². The van der Waals surface area contributed by atoms with E-state index in [9.17, 15) is 28.8 Å². The zero-order valence-corrected chi connectivity index (χ0v) is 30.5. The Bertz CT molecular complexity index is 1780. The molecule has 0 fully saturated rings. The molecule has 15 nitrogen and oxygen atoms in total. The van der Waals surface area contributed by atoms with Crippen molar-refractivity contribution in [1.29, 1.82) is 0 Å². The molecule has 0 saturated carbocycles. The standard InChI is InChI=1S/C20H23N3O4.C11H13NO4.C9H11NO2/c1-14(22-20(26)27-13-16-10-6-3-7-11-16)19(25)23-17(18(21)24)12-15-8-4-2-5-9-15;1-8(10(13)14)12-11(15)16-7-9-5-3-2-4-6-9;10-8(9(11)12)6-7-4-2-1-3-5-7/h2-11,14,17H,12-13H2,1H3,(H2,21,24)(H,22,26)(H,23,25);2-6,8H,7H2,1H3,(H,12,15)(H,13,14);1-5,8H,6,10H2,(H,11,12)/t14-,17-;2*8-/m000/s1. The normalized spacial score (nSPS) is 12.2. The number of nitrogens with two attached hydrogens (primary N) is 2. The molecule has 0 aliphatic rings. The summed E-state index contributed by atoms with van der Waals surface area (Å²) in [6.07, 6.45) is -0.803.